The van der Waals surface area contributed by atoms with Crippen LogP contribution < -0.4 is 11.1 Å². The van der Waals surface area contributed by atoms with Gasteiger partial charge in [-0.2, -0.15) is 5.10 Å². The summed E-state index contributed by atoms with van der Waals surface area (Å²) >= 11 is 0. The highest BCUT2D eigenvalue weighted by atomic mass is 16.1. The highest BCUT2D eigenvalue weighted by molar-refractivity contribution is 5.76. The van der Waals surface area contributed by atoms with Crippen LogP contribution in [0.1, 0.15) is 18.4 Å². The molecule has 5 heteroatoms. The number of nitrogens with zero attached hydrogens (tertiary/aromatic N) is 2. The molecular formula is C15H20N4O. The molecule has 0 aliphatic heterocycles. The average molecular weight is 272 g/mol. The Hall–Kier alpha value is -2.14. The lowest BCUT2D eigenvalue weighted by Gasteiger charge is -2.03. The van der Waals surface area contributed by atoms with Crippen LogP contribution in [0, 0.1) is 0 Å². The topological polar surface area (TPSA) is 72.9 Å². The Morgan fingerprint density at radius 3 is 2.85 bits per heavy atom. The average Bonchev–Trinajstić information content (AvgIpc) is 2.95. The van der Waals surface area contributed by atoms with Crippen molar-refractivity contribution < 1.29 is 4.79 Å². The molecule has 0 saturated heterocycles. The Bertz CT molecular complexity index is 536. The van der Waals surface area contributed by atoms with Gasteiger partial charge in [0.05, 0.1) is 11.9 Å². The van der Waals surface area contributed by atoms with Gasteiger partial charge in [-0.15, -0.1) is 0 Å². The number of amides is 1. The molecule has 2 aromatic rings. The fraction of sp³-hybridized carbons (Fsp3) is 0.333. The Labute approximate surface area is 118 Å². The van der Waals surface area contributed by atoms with E-state index in [1.54, 1.807) is 6.20 Å². The maximum Gasteiger partial charge on any atom is 0.220 e. The van der Waals surface area contributed by atoms with Crippen LogP contribution in [0.25, 0.3) is 5.69 Å². The number of carbonyl (C=O) groups is 1. The van der Waals surface area contributed by atoms with E-state index in [0.29, 0.717) is 25.9 Å². The maximum atomic E-state index is 11.6. The molecule has 1 amide bonds. The standard InChI is InChI=1S/C15H20N4O/c16-9-4-10-17-15(20)8-7-13-11-18-19(12-13)14-5-2-1-3-6-14/h1-3,5-6,11-12H,4,7-10,16H2,(H,17,20). The van der Waals surface area contributed by atoms with Gasteiger partial charge < -0.3 is 11.1 Å². The number of aryl methyl sites for hydroxylation is 1. The molecule has 106 valence electrons. The molecule has 3 N–H and O–H groups in total. The first kappa shape index (κ1) is 14.3. The first-order valence-electron chi connectivity index (χ1n) is 6.85. The van der Waals surface area contributed by atoms with Gasteiger partial charge in [-0.25, -0.2) is 4.68 Å². The molecule has 0 radical (unpaired) electrons. The van der Waals surface area contributed by atoms with Crippen molar-refractivity contribution in [3.05, 3.63) is 48.3 Å². The third-order valence-electron chi connectivity index (χ3n) is 3.00. The molecule has 0 saturated carbocycles. The van der Waals surface area contributed by atoms with Crippen molar-refractivity contribution in [2.45, 2.75) is 19.3 Å². The molecule has 0 aliphatic carbocycles. The van der Waals surface area contributed by atoms with Crippen molar-refractivity contribution >= 4 is 5.91 Å². The van der Waals surface area contributed by atoms with Crippen molar-refractivity contribution in [1.29, 1.82) is 0 Å². The lowest BCUT2D eigenvalue weighted by molar-refractivity contribution is -0.121. The number of benzene rings is 1. The molecule has 5 nitrogen and oxygen atoms in total. The van der Waals surface area contributed by atoms with Gasteiger partial charge in [0.1, 0.15) is 0 Å². The van der Waals surface area contributed by atoms with E-state index in [1.165, 1.54) is 0 Å². The lowest BCUT2D eigenvalue weighted by atomic mass is 10.2. The minimum Gasteiger partial charge on any atom is -0.356 e. The fourth-order valence-corrected chi connectivity index (χ4v) is 1.89. The summed E-state index contributed by atoms with van der Waals surface area (Å²) in [6, 6.07) is 9.91. The van der Waals surface area contributed by atoms with Gasteiger partial charge >= 0.3 is 0 Å². The Balaban J connectivity index is 1.83. The maximum absolute atomic E-state index is 11.6. The van der Waals surface area contributed by atoms with Crippen molar-refractivity contribution in [2.24, 2.45) is 5.73 Å². The van der Waals surface area contributed by atoms with Gasteiger partial charge in [0.15, 0.2) is 0 Å². The monoisotopic (exact) mass is 272 g/mol. The van der Waals surface area contributed by atoms with E-state index in [4.69, 9.17) is 5.73 Å². The van der Waals surface area contributed by atoms with Gasteiger partial charge in [-0.05, 0) is 37.1 Å². The van der Waals surface area contributed by atoms with Crippen LogP contribution in [-0.2, 0) is 11.2 Å². The summed E-state index contributed by atoms with van der Waals surface area (Å²) in [4.78, 5) is 11.6. The zero-order chi connectivity index (χ0) is 14.2. The number of carbonyl (C=O) groups excluding carboxylic acids is 1. The van der Waals surface area contributed by atoms with E-state index in [-0.39, 0.29) is 5.91 Å². The Morgan fingerprint density at radius 1 is 1.30 bits per heavy atom. The van der Waals surface area contributed by atoms with Gasteiger partial charge in [0.25, 0.3) is 0 Å². The van der Waals surface area contributed by atoms with E-state index >= 15 is 0 Å². The van der Waals surface area contributed by atoms with Gasteiger partial charge in [-0.1, -0.05) is 18.2 Å². The zero-order valence-corrected chi connectivity index (χ0v) is 11.5. The highest BCUT2D eigenvalue weighted by Gasteiger charge is 2.04. The van der Waals surface area contributed by atoms with Gasteiger partial charge in [0, 0.05) is 19.2 Å². The first-order chi connectivity index (χ1) is 9.79. The van der Waals surface area contributed by atoms with Crippen LogP contribution in [0.5, 0.6) is 0 Å². The molecule has 0 unspecified atom stereocenters. The third-order valence-corrected chi connectivity index (χ3v) is 3.00. The van der Waals surface area contributed by atoms with Crippen LogP contribution >= 0.6 is 0 Å². The van der Waals surface area contributed by atoms with E-state index in [0.717, 1.165) is 17.7 Å². The van der Waals surface area contributed by atoms with Crippen molar-refractivity contribution in [3.63, 3.8) is 0 Å². The fourth-order valence-electron chi connectivity index (χ4n) is 1.89. The molecule has 0 atom stereocenters. The molecule has 1 aromatic heterocycles. The summed E-state index contributed by atoms with van der Waals surface area (Å²) < 4.78 is 1.82. The number of para-hydroxylation sites is 1. The second-order valence-electron chi connectivity index (χ2n) is 4.62. The lowest BCUT2D eigenvalue weighted by Crippen LogP contribution is -2.26. The minimum absolute atomic E-state index is 0.0610. The largest absolute Gasteiger partial charge is 0.356 e. The first-order valence-corrected chi connectivity index (χ1v) is 6.85. The summed E-state index contributed by atoms with van der Waals surface area (Å²) in [5, 5.41) is 7.15. The number of nitrogens with two attached hydrogens (primary N) is 1. The predicted molar refractivity (Wildman–Crippen MR) is 78.6 cm³/mol. The van der Waals surface area contributed by atoms with E-state index < -0.39 is 0 Å². The third kappa shape index (κ3) is 4.20. The van der Waals surface area contributed by atoms with E-state index in [1.807, 2.05) is 41.2 Å². The quantitative estimate of drug-likeness (QED) is 0.745. The summed E-state index contributed by atoms with van der Waals surface area (Å²) in [5.74, 6) is 0.0610. The Kier molecular flexibility index (Phi) is 5.32. The van der Waals surface area contributed by atoms with Crippen LogP contribution in [0.3, 0.4) is 0 Å². The molecule has 0 aliphatic rings. The second-order valence-corrected chi connectivity index (χ2v) is 4.62. The zero-order valence-electron chi connectivity index (χ0n) is 11.5. The molecular weight excluding hydrogens is 252 g/mol. The Morgan fingerprint density at radius 2 is 2.10 bits per heavy atom. The predicted octanol–water partition coefficient (Wildman–Crippen LogP) is 1.27. The molecule has 2 rings (SSSR count). The van der Waals surface area contributed by atoms with E-state index in [2.05, 4.69) is 10.4 Å². The SMILES string of the molecule is NCCCNC(=O)CCc1cnn(-c2ccccc2)c1. The van der Waals surface area contributed by atoms with Crippen molar-refractivity contribution in [2.75, 3.05) is 13.1 Å². The number of rotatable bonds is 7. The van der Waals surface area contributed by atoms with Crippen LogP contribution in [-0.4, -0.2) is 28.8 Å². The van der Waals surface area contributed by atoms with Crippen molar-refractivity contribution in [1.82, 2.24) is 15.1 Å². The summed E-state index contributed by atoms with van der Waals surface area (Å²) in [6.07, 6.45) is 5.76. The highest BCUT2D eigenvalue weighted by Crippen LogP contribution is 2.08. The summed E-state index contributed by atoms with van der Waals surface area (Å²) in [7, 11) is 0. The molecule has 0 bridgehead atoms. The van der Waals surface area contributed by atoms with E-state index in [9.17, 15) is 4.79 Å². The minimum atomic E-state index is 0.0610. The number of aromatic nitrogens is 2. The summed E-state index contributed by atoms with van der Waals surface area (Å²) in [5.41, 5.74) is 7.45. The van der Waals surface area contributed by atoms with Gasteiger partial charge in [0.2, 0.25) is 5.91 Å². The van der Waals surface area contributed by atoms with Gasteiger partial charge in [-0.3, -0.25) is 4.79 Å². The molecule has 0 fully saturated rings. The molecule has 20 heavy (non-hydrogen) atoms. The summed E-state index contributed by atoms with van der Waals surface area (Å²) in [6.45, 7) is 1.25. The molecule has 0 spiro atoms. The molecule has 1 heterocycles. The molecule has 1 aromatic carbocycles. The second kappa shape index (κ2) is 7.45. The van der Waals surface area contributed by atoms with Crippen molar-refractivity contribution in [3.8, 4) is 5.69 Å². The normalized spacial score (nSPS) is 10.4. The van der Waals surface area contributed by atoms with Crippen LogP contribution in [0.15, 0.2) is 42.7 Å². The smallest absolute Gasteiger partial charge is 0.220 e. The van der Waals surface area contributed by atoms with Crippen LogP contribution in [0.2, 0.25) is 0 Å². The number of hydrogen-bond acceptors (Lipinski definition) is 3. The number of hydrogen-bond donors (Lipinski definition) is 2. The van der Waals surface area contributed by atoms with Crippen LogP contribution in [0.4, 0.5) is 0 Å². The number of nitrogens with one attached hydrogen (secondary N) is 1.